The van der Waals surface area contributed by atoms with Crippen LogP contribution in [0.15, 0.2) is 53.4 Å². The highest BCUT2D eigenvalue weighted by Gasteiger charge is 2.37. The third kappa shape index (κ3) is 4.93. The van der Waals surface area contributed by atoms with Crippen molar-refractivity contribution in [2.45, 2.75) is 24.2 Å². The quantitative estimate of drug-likeness (QED) is 0.522. The van der Waals surface area contributed by atoms with Crippen LogP contribution >= 0.6 is 0 Å². The molecule has 0 unspecified atom stereocenters. The zero-order valence-electron chi connectivity index (χ0n) is 19.9. The molecule has 3 aromatic rings. The highest BCUT2D eigenvalue weighted by Crippen LogP contribution is 2.38. The number of aromatic amines is 1. The second-order valence-electron chi connectivity index (χ2n) is 9.09. The van der Waals surface area contributed by atoms with Crippen LogP contribution in [0.1, 0.15) is 27.2 Å². The van der Waals surface area contributed by atoms with Crippen molar-refractivity contribution in [1.82, 2.24) is 19.4 Å². The van der Waals surface area contributed by atoms with Gasteiger partial charge in [-0.15, -0.1) is 0 Å². The van der Waals surface area contributed by atoms with E-state index in [1.807, 2.05) is 11.9 Å². The summed E-state index contributed by atoms with van der Waals surface area (Å²) < 4.78 is 68.9. The highest BCUT2D eigenvalue weighted by molar-refractivity contribution is 7.89. The number of hydrogen-bond acceptors (Lipinski definition) is 6. The number of aromatic nitrogens is 2. The Kier molecular flexibility index (Phi) is 6.46. The van der Waals surface area contributed by atoms with E-state index in [0.717, 1.165) is 6.07 Å². The lowest BCUT2D eigenvalue weighted by Crippen LogP contribution is -2.45. The van der Waals surface area contributed by atoms with Crippen LogP contribution in [0.4, 0.5) is 24.7 Å². The van der Waals surface area contributed by atoms with Gasteiger partial charge in [-0.1, -0.05) is 18.2 Å². The van der Waals surface area contributed by atoms with E-state index < -0.39 is 27.7 Å². The summed E-state index contributed by atoms with van der Waals surface area (Å²) in [5.74, 6) is -0.684. The first-order valence-electron chi connectivity index (χ1n) is 11.6. The molecule has 9 nitrogen and oxygen atoms in total. The fourth-order valence-electron chi connectivity index (χ4n) is 4.53. The molecule has 0 atom stereocenters. The molecule has 196 valence electrons. The molecule has 2 N–H and O–H groups in total. The maximum Gasteiger partial charge on any atom is 0.418 e. The molecule has 0 aliphatic carbocycles. The van der Waals surface area contributed by atoms with Crippen LogP contribution < -0.4 is 10.2 Å². The number of benzene rings is 2. The number of anilines is 2. The van der Waals surface area contributed by atoms with Crippen molar-refractivity contribution in [2.75, 3.05) is 43.4 Å². The lowest BCUT2D eigenvalue weighted by molar-refractivity contribution is -0.137. The van der Waals surface area contributed by atoms with E-state index in [9.17, 15) is 26.4 Å². The number of H-pyrrole nitrogens is 1. The molecule has 0 radical (unpaired) electrons. The third-order valence-electron chi connectivity index (χ3n) is 6.64. The minimum atomic E-state index is -4.64. The average molecular weight is 535 g/mol. The van der Waals surface area contributed by atoms with Gasteiger partial charge in [0, 0.05) is 49.5 Å². The standard InChI is InChI=1S/C24H25F3N6O3S/c1-31-9-11-32(12-10-31)21-8-7-16(13-19(21)24(25,26)27)23(34)28-22-18-14-33(15-20(18)29-30-22)37(35,36)17-5-3-2-4-6-17/h2-8,13H,9-12,14-15H2,1H3,(H2,28,29,30,34). The molecule has 5 rings (SSSR count). The molecule has 3 heterocycles. The van der Waals surface area contributed by atoms with E-state index in [-0.39, 0.29) is 35.1 Å². The number of carbonyl (C=O) groups excluding carboxylic acids is 1. The van der Waals surface area contributed by atoms with Gasteiger partial charge in [-0.3, -0.25) is 9.89 Å². The van der Waals surface area contributed by atoms with Gasteiger partial charge in [-0.05, 0) is 37.4 Å². The van der Waals surface area contributed by atoms with Crippen molar-refractivity contribution >= 4 is 27.4 Å². The molecule has 2 aliphatic rings. The number of nitrogens with zero attached hydrogens (tertiary/aromatic N) is 4. The fraction of sp³-hybridized carbons (Fsp3) is 0.333. The molecule has 1 aromatic heterocycles. The first kappa shape index (κ1) is 25.2. The number of carbonyl (C=O) groups is 1. The van der Waals surface area contributed by atoms with Crippen LogP contribution in [0.3, 0.4) is 0 Å². The third-order valence-corrected chi connectivity index (χ3v) is 8.45. The number of likely N-dealkylation sites (N-methyl/N-ethyl adjacent to an activating group) is 1. The first-order chi connectivity index (χ1) is 17.5. The SMILES string of the molecule is CN1CCN(c2ccc(C(=O)Nc3n[nH]c4c3CN(S(=O)(=O)c3ccccc3)C4)cc2C(F)(F)F)CC1. The monoisotopic (exact) mass is 534 g/mol. The maximum atomic E-state index is 13.9. The Morgan fingerprint density at radius 2 is 1.73 bits per heavy atom. The normalized spacial score (nSPS) is 17.1. The van der Waals surface area contributed by atoms with Crippen molar-refractivity contribution < 1.29 is 26.4 Å². The Morgan fingerprint density at radius 1 is 1.03 bits per heavy atom. The fourth-order valence-corrected chi connectivity index (χ4v) is 5.93. The summed E-state index contributed by atoms with van der Waals surface area (Å²) in [5, 5.41) is 9.32. The van der Waals surface area contributed by atoms with Crippen LogP contribution in [0.25, 0.3) is 0 Å². The van der Waals surface area contributed by atoms with Gasteiger partial charge in [0.05, 0.1) is 22.7 Å². The van der Waals surface area contributed by atoms with E-state index in [0.29, 0.717) is 37.4 Å². The number of halogens is 3. The number of alkyl halides is 3. The summed E-state index contributed by atoms with van der Waals surface area (Å²) >= 11 is 0. The van der Waals surface area contributed by atoms with Gasteiger partial charge >= 0.3 is 6.18 Å². The van der Waals surface area contributed by atoms with Crippen LogP contribution in [-0.4, -0.2) is 67.0 Å². The van der Waals surface area contributed by atoms with Crippen molar-refractivity contribution in [2.24, 2.45) is 0 Å². The Labute approximate surface area is 211 Å². The van der Waals surface area contributed by atoms with Gasteiger partial charge in [0.2, 0.25) is 10.0 Å². The van der Waals surface area contributed by atoms with Gasteiger partial charge in [0.1, 0.15) is 0 Å². The molecule has 13 heteroatoms. The predicted octanol–water partition coefficient (Wildman–Crippen LogP) is 3.14. The second kappa shape index (κ2) is 9.47. The molecule has 37 heavy (non-hydrogen) atoms. The molecule has 1 saturated heterocycles. The molecular formula is C24H25F3N6O3S. The summed E-state index contributed by atoms with van der Waals surface area (Å²) in [6, 6.07) is 11.5. The van der Waals surface area contributed by atoms with Crippen molar-refractivity contribution in [3.8, 4) is 0 Å². The number of fused-ring (bicyclic) bond motifs is 1. The summed E-state index contributed by atoms with van der Waals surface area (Å²) in [5.41, 5.74) is -0.0282. The smallest absolute Gasteiger partial charge is 0.368 e. The van der Waals surface area contributed by atoms with Crippen LogP contribution in [0.5, 0.6) is 0 Å². The lowest BCUT2D eigenvalue weighted by atomic mass is 10.1. The number of piperazine rings is 1. The van der Waals surface area contributed by atoms with Crippen LogP contribution in [-0.2, 0) is 29.3 Å². The molecule has 0 saturated carbocycles. The first-order valence-corrected chi connectivity index (χ1v) is 13.1. The van der Waals surface area contributed by atoms with E-state index in [2.05, 4.69) is 15.5 Å². The van der Waals surface area contributed by atoms with Crippen LogP contribution in [0.2, 0.25) is 0 Å². The van der Waals surface area contributed by atoms with Crippen molar-refractivity contribution in [3.05, 3.63) is 70.9 Å². The minimum Gasteiger partial charge on any atom is -0.368 e. The molecule has 1 amide bonds. The van der Waals surface area contributed by atoms with Gasteiger partial charge in [-0.2, -0.15) is 22.6 Å². The minimum absolute atomic E-state index is 0.0329. The highest BCUT2D eigenvalue weighted by atomic mass is 32.2. The Hall–Kier alpha value is -3.42. The zero-order valence-corrected chi connectivity index (χ0v) is 20.7. The molecular weight excluding hydrogens is 509 g/mol. The average Bonchev–Trinajstić information content (AvgIpc) is 3.47. The predicted molar refractivity (Wildman–Crippen MR) is 131 cm³/mol. The Morgan fingerprint density at radius 3 is 2.41 bits per heavy atom. The topological polar surface area (TPSA) is 102 Å². The number of amides is 1. The number of sulfonamides is 1. The maximum absolute atomic E-state index is 13.9. The van der Waals surface area contributed by atoms with Crippen LogP contribution in [0, 0.1) is 0 Å². The van der Waals surface area contributed by atoms with Crippen molar-refractivity contribution in [3.63, 3.8) is 0 Å². The van der Waals surface area contributed by atoms with E-state index in [1.54, 1.807) is 23.1 Å². The van der Waals surface area contributed by atoms with E-state index in [4.69, 9.17) is 0 Å². The molecule has 0 bridgehead atoms. The van der Waals surface area contributed by atoms with E-state index in [1.165, 1.54) is 28.6 Å². The summed E-state index contributed by atoms with van der Waals surface area (Å²) in [6.45, 7) is 2.18. The lowest BCUT2D eigenvalue weighted by Gasteiger charge is -2.35. The summed E-state index contributed by atoms with van der Waals surface area (Å²) in [4.78, 5) is 16.8. The van der Waals surface area contributed by atoms with E-state index >= 15 is 0 Å². The molecule has 2 aliphatic heterocycles. The molecule has 0 spiro atoms. The second-order valence-corrected chi connectivity index (χ2v) is 11.0. The van der Waals surface area contributed by atoms with Gasteiger partial charge in [0.25, 0.3) is 5.91 Å². The largest absolute Gasteiger partial charge is 0.418 e. The Bertz CT molecular complexity index is 1420. The molecule has 2 aromatic carbocycles. The van der Waals surface area contributed by atoms with Gasteiger partial charge in [-0.25, -0.2) is 8.42 Å². The summed E-state index contributed by atoms with van der Waals surface area (Å²) in [6.07, 6.45) is -4.64. The number of nitrogens with one attached hydrogen (secondary N) is 2. The van der Waals surface area contributed by atoms with Gasteiger partial charge in [0.15, 0.2) is 5.82 Å². The number of rotatable bonds is 5. The van der Waals surface area contributed by atoms with Gasteiger partial charge < -0.3 is 15.1 Å². The Balaban J connectivity index is 1.35. The zero-order chi connectivity index (χ0) is 26.4. The molecule has 1 fully saturated rings. The summed E-state index contributed by atoms with van der Waals surface area (Å²) in [7, 11) is -1.86. The number of hydrogen-bond donors (Lipinski definition) is 2. The van der Waals surface area contributed by atoms with Crippen molar-refractivity contribution in [1.29, 1.82) is 0 Å².